The van der Waals surface area contributed by atoms with Crippen molar-refractivity contribution in [3.63, 3.8) is 0 Å². The summed E-state index contributed by atoms with van der Waals surface area (Å²) in [6, 6.07) is 0.481. The fourth-order valence-corrected chi connectivity index (χ4v) is 1.52. The van der Waals surface area contributed by atoms with Crippen LogP contribution in [0.1, 0.15) is 45.4 Å². The predicted molar refractivity (Wildman–Crippen MR) is 54.0 cm³/mol. The molecule has 1 heteroatoms. The smallest absolute Gasteiger partial charge is 0.00672 e. The summed E-state index contributed by atoms with van der Waals surface area (Å²) in [5.41, 5.74) is 7.35. The molecule has 70 valence electrons. The van der Waals surface area contributed by atoms with Crippen molar-refractivity contribution < 1.29 is 0 Å². The van der Waals surface area contributed by atoms with Gasteiger partial charge in [0.05, 0.1) is 0 Å². The molecule has 1 aliphatic carbocycles. The first kappa shape index (κ1) is 9.79. The second kappa shape index (κ2) is 4.66. The van der Waals surface area contributed by atoms with Gasteiger partial charge in [0.1, 0.15) is 0 Å². The van der Waals surface area contributed by atoms with E-state index in [4.69, 9.17) is 5.73 Å². The molecular weight excluding hydrogens is 146 g/mol. The van der Waals surface area contributed by atoms with Crippen LogP contribution in [0.25, 0.3) is 0 Å². The molecule has 0 aromatic carbocycles. The van der Waals surface area contributed by atoms with Crippen LogP contribution in [-0.2, 0) is 0 Å². The van der Waals surface area contributed by atoms with E-state index in [0.29, 0.717) is 6.04 Å². The minimum absolute atomic E-state index is 0.481. The Morgan fingerprint density at radius 2 is 2.25 bits per heavy atom. The van der Waals surface area contributed by atoms with Gasteiger partial charge >= 0.3 is 0 Å². The fraction of sp³-hybridized carbons (Fsp3) is 0.818. The van der Waals surface area contributed by atoms with Crippen molar-refractivity contribution in [1.82, 2.24) is 0 Å². The average Bonchev–Trinajstić information content (AvgIpc) is 2.86. The summed E-state index contributed by atoms with van der Waals surface area (Å²) >= 11 is 0. The van der Waals surface area contributed by atoms with Gasteiger partial charge in [-0.2, -0.15) is 0 Å². The van der Waals surface area contributed by atoms with E-state index in [2.05, 4.69) is 13.5 Å². The Morgan fingerprint density at radius 3 is 2.75 bits per heavy atom. The van der Waals surface area contributed by atoms with Crippen molar-refractivity contribution >= 4 is 0 Å². The molecule has 0 spiro atoms. The molecule has 1 saturated carbocycles. The van der Waals surface area contributed by atoms with E-state index in [1.807, 2.05) is 0 Å². The van der Waals surface area contributed by atoms with Crippen LogP contribution in [0, 0.1) is 5.92 Å². The minimum atomic E-state index is 0.481. The van der Waals surface area contributed by atoms with Gasteiger partial charge in [0.25, 0.3) is 0 Å². The van der Waals surface area contributed by atoms with Crippen molar-refractivity contribution in [2.24, 2.45) is 11.7 Å². The molecular formula is C11H21N. The topological polar surface area (TPSA) is 26.0 Å². The zero-order valence-corrected chi connectivity index (χ0v) is 8.18. The first-order chi connectivity index (χ1) is 5.74. The molecule has 0 aromatic heterocycles. The SMILES string of the molecule is C=C(CC)CCCC(N)C1CC1. The second-order valence-electron chi connectivity index (χ2n) is 4.00. The van der Waals surface area contributed by atoms with Crippen LogP contribution in [0.15, 0.2) is 12.2 Å². The van der Waals surface area contributed by atoms with Crippen molar-refractivity contribution in [3.8, 4) is 0 Å². The van der Waals surface area contributed by atoms with Gasteiger partial charge in [0.2, 0.25) is 0 Å². The fourth-order valence-electron chi connectivity index (χ4n) is 1.52. The molecule has 0 saturated heterocycles. The first-order valence-corrected chi connectivity index (χ1v) is 5.16. The van der Waals surface area contributed by atoms with Crippen molar-refractivity contribution in [3.05, 3.63) is 12.2 Å². The minimum Gasteiger partial charge on any atom is -0.327 e. The third kappa shape index (κ3) is 3.40. The van der Waals surface area contributed by atoms with Gasteiger partial charge < -0.3 is 5.73 Å². The van der Waals surface area contributed by atoms with Gasteiger partial charge in [-0.15, -0.1) is 0 Å². The maximum absolute atomic E-state index is 5.98. The lowest BCUT2D eigenvalue weighted by atomic mass is 10.0. The summed E-state index contributed by atoms with van der Waals surface area (Å²) in [6.07, 6.45) is 7.48. The molecule has 0 bridgehead atoms. The standard InChI is InChI=1S/C11H21N/c1-3-9(2)5-4-6-11(12)10-7-8-10/h10-11H,2-8,12H2,1H3. The Balaban J connectivity index is 1.97. The van der Waals surface area contributed by atoms with E-state index in [1.54, 1.807) is 0 Å². The lowest BCUT2D eigenvalue weighted by Gasteiger charge is -2.09. The van der Waals surface area contributed by atoms with Crippen LogP contribution in [0.3, 0.4) is 0 Å². The molecule has 0 amide bonds. The normalized spacial score (nSPS) is 19.2. The van der Waals surface area contributed by atoms with Crippen molar-refractivity contribution in [2.45, 2.75) is 51.5 Å². The number of hydrogen-bond donors (Lipinski definition) is 1. The van der Waals surface area contributed by atoms with E-state index in [1.165, 1.54) is 37.7 Å². The molecule has 0 heterocycles. The number of allylic oxidation sites excluding steroid dienone is 1. The molecule has 1 nitrogen and oxygen atoms in total. The van der Waals surface area contributed by atoms with Crippen LogP contribution < -0.4 is 5.73 Å². The molecule has 1 aliphatic rings. The van der Waals surface area contributed by atoms with Gasteiger partial charge in [-0.3, -0.25) is 0 Å². The Kier molecular flexibility index (Phi) is 3.80. The van der Waals surface area contributed by atoms with E-state index in [-0.39, 0.29) is 0 Å². The molecule has 1 fully saturated rings. The van der Waals surface area contributed by atoms with Gasteiger partial charge in [-0.1, -0.05) is 19.1 Å². The molecule has 0 aliphatic heterocycles. The van der Waals surface area contributed by atoms with Crippen LogP contribution in [0.4, 0.5) is 0 Å². The summed E-state index contributed by atoms with van der Waals surface area (Å²) in [5, 5.41) is 0. The van der Waals surface area contributed by atoms with Gasteiger partial charge in [-0.05, 0) is 44.4 Å². The largest absolute Gasteiger partial charge is 0.327 e. The summed E-state index contributed by atoms with van der Waals surface area (Å²) < 4.78 is 0. The number of rotatable bonds is 6. The first-order valence-electron chi connectivity index (χ1n) is 5.16. The zero-order chi connectivity index (χ0) is 8.97. The van der Waals surface area contributed by atoms with E-state index < -0.39 is 0 Å². The molecule has 1 atom stereocenters. The monoisotopic (exact) mass is 167 g/mol. The molecule has 1 unspecified atom stereocenters. The Labute approximate surface area is 76.0 Å². The quantitative estimate of drug-likeness (QED) is 0.605. The maximum atomic E-state index is 5.98. The van der Waals surface area contributed by atoms with Crippen molar-refractivity contribution in [1.29, 1.82) is 0 Å². The molecule has 12 heavy (non-hydrogen) atoms. The summed E-state index contributed by atoms with van der Waals surface area (Å²) in [6.45, 7) is 6.16. The van der Waals surface area contributed by atoms with E-state index >= 15 is 0 Å². The predicted octanol–water partition coefficient (Wildman–Crippen LogP) is 2.86. The second-order valence-corrected chi connectivity index (χ2v) is 4.00. The number of nitrogens with two attached hydrogens (primary N) is 1. The summed E-state index contributed by atoms with van der Waals surface area (Å²) in [4.78, 5) is 0. The third-order valence-corrected chi connectivity index (χ3v) is 2.80. The number of hydrogen-bond acceptors (Lipinski definition) is 1. The van der Waals surface area contributed by atoms with E-state index in [9.17, 15) is 0 Å². The summed E-state index contributed by atoms with van der Waals surface area (Å²) in [5.74, 6) is 0.861. The van der Waals surface area contributed by atoms with Gasteiger partial charge in [-0.25, -0.2) is 0 Å². The Bertz CT molecular complexity index is 147. The molecule has 0 radical (unpaired) electrons. The molecule has 0 aromatic rings. The van der Waals surface area contributed by atoms with Crippen LogP contribution in [-0.4, -0.2) is 6.04 Å². The third-order valence-electron chi connectivity index (χ3n) is 2.80. The molecule has 2 N–H and O–H groups in total. The highest BCUT2D eigenvalue weighted by Gasteiger charge is 2.27. The maximum Gasteiger partial charge on any atom is 0.00672 e. The Hall–Kier alpha value is -0.300. The van der Waals surface area contributed by atoms with Gasteiger partial charge in [0.15, 0.2) is 0 Å². The van der Waals surface area contributed by atoms with Crippen molar-refractivity contribution in [2.75, 3.05) is 0 Å². The highest BCUT2D eigenvalue weighted by molar-refractivity contribution is 4.93. The van der Waals surface area contributed by atoms with Gasteiger partial charge in [0, 0.05) is 6.04 Å². The van der Waals surface area contributed by atoms with E-state index in [0.717, 1.165) is 12.3 Å². The lowest BCUT2D eigenvalue weighted by Crippen LogP contribution is -2.21. The summed E-state index contributed by atoms with van der Waals surface area (Å²) in [7, 11) is 0. The average molecular weight is 167 g/mol. The zero-order valence-electron chi connectivity index (χ0n) is 8.18. The molecule has 1 rings (SSSR count). The van der Waals surface area contributed by atoms with Crippen LogP contribution in [0.5, 0.6) is 0 Å². The van der Waals surface area contributed by atoms with Crippen LogP contribution >= 0.6 is 0 Å². The lowest BCUT2D eigenvalue weighted by molar-refractivity contribution is 0.526. The highest BCUT2D eigenvalue weighted by atomic mass is 14.7. The van der Waals surface area contributed by atoms with Crippen LogP contribution in [0.2, 0.25) is 0 Å². The highest BCUT2D eigenvalue weighted by Crippen LogP contribution is 2.33. The Morgan fingerprint density at radius 1 is 1.58 bits per heavy atom.